The molecular formula is C18H32N2O3S. The van der Waals surface area contributed by atoms with Gasteiger partial charge in [-0.3, -0.25) is 0 Å². The number of hydrogen-bond acceptors (Lipinski definition) is 4. The van der Waals surface area contributed by atoms with Gasteiger partial charge in [0.15, 0.2) is 0 Å². The topological polar surface area (TPSA) is 95.4 Å². The summed E-state index contributed by atoms with van der Waals surface area (Å²) < 4.78 is 29.2. The molecule has 1 aromatic rings. The molecule has 24 heavy (non-hydrogen) atoms. The molecule has 0 aliphatic rings. The van der Waals surface area contributed by atoms with Gasteiger partial charge in [-0.15, -0.1) is 0 Å². The molecule has 5 nitrogen and oxygen atoms in total. The quantitative estimate of drug-likeness (QED) is 0.531. The first kappa shape index (κ1) is 21.1. The zero-order valence-corrected chi connectivity index (χ0v) is 15.5. The van der Waals surface area contributed by atoms with Crippen molar-refractivity contribution < 1.29 is 13.2 Å². The van der Waals surface area contributed by atoms with Crippen molar-refractivity contribution in [3.8, 4) is 0 Å². The van der Waals surface area contributed by atoms with E-state index in [-0.39, 0.29) is 6.10 Å². The molecule has 138 valence electrons. The van der Waals surface area contributed by atoms with Gasteiger partial charge in [-0.1, -0.05) is 62.4 Å². The minimum Gasteiger partial charge on any atom is -0.372 e. The van der Waals surface area contributed by atoms with Crippen LogP contribution in [-0.2, 0) is 21.4 Å². The Morgan fingerprint density at radius 3 is 2.17 bits per heavy atom. The van der Waals surface area contributed by atoms with Crippen LogP contribution in [0.3, 0.4) is 0 Å². The predicted molar refractivity (Wildman–Crippen MR) is 99.0 cm³/mol. The molecule has 0 radical (unpaired) electrons. The molecule has 0 heterocycles. The van der Waals surface area contributed by atoms with Gasteiger partial charge in [-0.05, 0) is 31.9 Å². The van der Waals surface area contributed by atoms with Crippen LogP contribution in [-0.4, -0.2) is 26.3 Å². The third-order valence-corrected chi connectivity index (χ3v) is 5.63. The van der Waals surface area contributed by atoms with E-state index >= 15 is 0 Å². The van der Waals surface area contributed by atoms with Crippen LogP contribution in [0.25, 0.3) is 0 Å². The highest BCUT2D eigenvalue weighted by molar-refractivity contribution is 7.89. The highest BCUT2D eigenvalue weighted by Crippen LogP contribution is 2.18. The zero-order chi connectivity index (χ0) is 17.8. The van der Waals surface area contributed by atoms with Crippen LogP contribution in [0, 0.1) is 0 Å². The SMILES string of the molecule is CC(C(CCCCCCCCN)OCc1ccccc1)S(N)(=O)=O. The van der Waals surface area contributed by atoms with E-state index in [1.807, 2.05) is 30.3 Å². The minimum absolute atomic E-state index is 0.371. The van der Waals surface area contributed by atoms with Gasteiger partial charge in [0.25, 0.3) is 0 Å². The lowest BCUT2D eigenvalue weighted by Gasteiger charge is -2.23. The second-order valence-corrected chi connectivity index (χ2v) is 8.25. The Bertz CT molecular complexity index is 534. The first-order chi connectivity index (χ1) is 11.4. The van der Waals surface area contributed by atoms with Crippen LogP contribution in [0.15, 0.2) is 30.3 Å². The van der Waals surface area contributed by atoms with Gasteiger partial charge in [0.05, 0.1) is 18.0 Å². The molecule has 0 aliphatic carbocycles. The van der Waals surface area contributed by atoms with Crippen molar-refractivity contribution in [2.45, 2.75) is 69.8 Å². The molecule has 1 rings (SSSR count). The molecule has 0 aliphatic heterocycles. The van der Waals surface area contributed by atoms with E-state index in [9.17, 15) is 8.42 Å². The molecular weight excluding hydrogens is 324 g/mol. The fourth-order valence-corrected chi connectivity index (χ4v) is 3.28. The second kappa shape index (κ2) is 11.6. The van der Waals surface area contributed by atoms with Crippen LogP contribution >= 0.6 is 0 Å². The summed E-state index contributed by atoms with van der Waals surface area (Å²) in [7, 11) is -3.60. The third-order valence-electron chi connectivity index (χ3n) is 4.29. The highest BCUT2D eigenvalue weighted by atomic mass is 32.2. The van der Waals surface area contributed by atoms with Crippen molar-refractivity contribution in [2.24, 2.45) is 10.9 Å². The van der Waals surface area contributed by atoms with Crippen LogP contribution in [0.5, 0.6) is 0 Å². The molecule has 2 atom stereocenters. The van der Waals surface area contributed by atoms with Gasteiger partial charge in [0.2, 0.25) is 10.0 Å². The summed E-state index contributed by atoms with van der Waals surface area (Å²) in [5.74, 6) is 0. The average molecular weight is 357 g/mol. The third kappa shape index (κ3) is 8.78. The number of hydrogen-bond donors (Lipinski definition) is 2. The lowest BCUT2D eigenvalue weighted by Crippen LogP contribution is -2.37. The summed E-state index contributed by atoms with van der Waals surface area (Å²) in [6, 6.07) is 9.77. The number of sulfonamides is 1. The number of rotatable bonds is 13. The van der Waals surface area contributed by atoms with Crippen molar-refractivity contribution in [3.63, 3.8) is 0 Å². The number of ether oxygens (including phenoxy) is 1. The summed E-state index contributed by atoms with van der Waals surface area (Å²) >= 11 is 0. The number of unbranched alkanes of at least 4 members (excludes halogenated alkanes) is 5. The van der Waals surface area contributed by atoms with Crippen molar-refractivity contribution in [2.75, 3.05) is 6.54 Å². The Kier molecular flexibility index (Phi) is 10.2. The number of benzene rings is 1. The van der Waals surface area contributed by atoms with Gasteiger partial charge in [-0.25, -0.2) is 13.6 Å². The van der Waals surface area contributed by atoms with E-state index in [2.05, 4.69) is 0 Å². The molecule has 6 heteroatoms. The lowest BCUT2D eigenvalue weighted by molar-refractivity contribution is 0.0330. The Hall–Kier alpha value is -0.950. The largest absolute Gasteiger partial charge is 0.372 e. The zero-order valence-electron chi connectivity index (χ0n) is 14.7. The Morgan fingerprint density at radius 2 is 1.58 bits per heavy atom. The fourth-order valence-electron chi connectivity index (χ4n) is 2.64. The Morgan fingerprint density at radius 1 is 1.00 bits per heavy atom. The first-order valence-electron chi connectivity index (χ1n) is 8.82. The highest BCUT2D eigenvalue weighted by Gasteiger charge is 2.27. The standard InChI is InChI=1S/C18H32N2O3S/c1-16(24(20,21)22)18(13-9-4-2-3-5-10-14-19)23-15-17-11-7-6-8-12-17/h6-8,11-12,16,18H,2-5,9-10,13-15,19H2,1H3,(H2,20,21,22). The second-order valence-electron chi connectivity index (χ2n) is 6.33. The first-order valence-corrected chi connectivity index (χ1v) is 10.4. The molecule has 0 saturated carbocycles. The van der Waals surface area contributed by atoms with Gasteiger partial charge < -0.3 is 10.5 Å². The van der Waals surface area contributed by atoms with Gasteiger partial charge >= 0.3 is 0 Å². The summed E-state index contributed by atoms with van der Waals surface area (Å²) in [4.78, 5) is 0. The van der Waals surface area contributed by atoms with E-state index in [4.69, 9.17) is 15.6 Å². The van der Waals surface area contributed by atoms with Crippen molar-refractivity contribution >= 4 is 10.0 Å². The molecule has 0 aromatic heterocycles. The molecule has 0 amide bonds. The van der Waals surface area contributed by atoms with E-state index in [0.29, 0.717) is 13.0 Å². The Labute approximate surface area is 146 Å². The lowest BCUT2D eigenvalue weighted by atomic mass is 10.1. The van der Waals surface area contributed by atoms with Gasteiger partial charge in [0.1, 0.15) is 0 Å². The monoisotopic (exact) mass is 356 g/mol. The summed E-state index contributed by atoms with van der Waals surface area (Å²) in [6.07, 6.45) is 6.93. The maximum atomic E-state index is 11.7. The molecule has 4 N–H and O–H groups in total. The molecule has 0 spiro atoms. The van der Waals surface area contributed by atoms with Crippen LogP contribution < -0.4 is 10.9 Å². The maximum absolute atomic E-state index is 11.7. The Balaban J connectivity index is 2.43. The number of primary sulfonamides is 1. The molecule has 1 aromatic carbocycles. The minimum atomic E-state index is -3.60. The molecule has 0 bridgehead atoms. The molecule has 2 unspecified atom stereocenters. The van der Waals surface area contributed by atoms with E-state index in [0.717, 1.165) is 44.2 Å². The number of nitrogens with two attached hydrogens (primary N) is 2. The van der Waals surface area contributed by atoms with Gasteiger partial charge in [0, 0.05) is 0 Å². The normalized spacial score (nSPS) is 14.5. The van der Waals surface area contributed by atoms with Crippen LogP contribution in [0.4, 0.5) is 0 Å². The molecule has 0 saturated heterocycles. The predicted octanol–water partition coefficient (Wildman–Crippen LogP) is 2.94. The van der Waals surface area contributed by atoms with Crippen molar-refractivity contribution in [3.05, 3.63) is 35.9 Å². The van der Waals surface area contributed by atoms with Crippen LogP contribution in [0.2, 0.25) is 0 Å². The summed E-state index contributed by atoms with van der Waals surface area (Å²) in [6.45, 7) is 2.79. The smallest absolute Gasteiger partial charge is 0.214 e. The van der Waals surface area contributed by atoms with E-state index < -0.39 is 15.3 Å². The van der Waals surface area contributed by atoms with E-state index in [1.54, 1.807) is 6.92 Å². The average Bonchev–Trinajstić information content (AvgIpc) is 2.56. The summed E-state index contributed by atoms with van der Waals surface area (Å²) in [5.41, 5.74) is 6.51. The van der Waals surface area contributed by atoms with Gasteiger partial charge in [-0.2, -0.15) is 0 Å². The summed E-state index contributed by atoms with van der Waals surface area (Å²) in [5, 5.41) is 4.62. The molecule has 0 fully saturated rings. The van der Waals surface area contributed by atoms with Crippen LogP contribution in [0.1, 0.15) is 57.4 Å². The van der Waals surface area contributed by atoms with Crippen molar-refractivity contribution in [1.29, 1.82) is 0 Å². The maximum Gasteiger partial charge on any atom is 0.214 e. The fraction of sp³-hybridized carbons (Fsp3) is 0.667. The van der Waals surface area contributed by atoms with Crippen molar-refractivity contribution in [1.82, 2.24) is 0 Å². The van der Waals surface area contributed by atoms with E-state index in [1.165, 1.54) is 6.42 Å².